The summed E-state index contributed by atoms with van der Waals surface area (Å²) in [5.74, 6) is 0.955. The van der Waals surface area contributed by atoms with E-state index in [1.807, 2.05) is 6.07 Å². The van der Waals surface area contributed by atoms with Crippen LogP contribution in [-0.2, 0) is 4.79 Å². The first kappa shape index (κ1) is 18.6. The van der Waals surface area contributed by atoms with Crippen molar-refractivity contribution in [2.75, 3.05) is 19.0 Å². The molecule has 1 N–H and O–H groups in total. The number of carbonyl (C=O) groups is 1. The van der Waals surface area contributed by atoms with Crippen LogP contribution >= 0.6 is 11.3 Å². The van der Waals surface area contributed by atoms with Gasteiger partial charge in [-0.3, -0.25) is 9.59 Å². The van der Waals surface area contributed by atoms with Gasteiger partial charge < -0.3 is 14.8 Å². The maximum Gasteiger partial charge on any atom is 0.291 e. The number of benzene rings is 2. The van der Waals surface area contributed by atoms with Gasteiger partial charge in [-0.05, 0) is 48.0 Å². The second-order valence-electron chi connectivity index (χ2n) is 6.01. The Balaban J connectivity index is 1.42. The number of amides is 1. The highest BCUT2D eigenvalue weighted by Gasteiger charge is 2.07. The smallest absolute Gasteiger partial charge is 0.291 e. The highest BCUT2D eigenvalue weighted by Crippen LogP contribution is 2.16. The molecule has 0 fully saturated rings. The number of nitrogens with zero attached hydrogens (tertiary/aromatic N) is 3. The van der Waals surface area contributed by atoms with Crippen LogP contribution in [0, 0.1) is 0 Å². The van der Waals surface area contributed by atoms with Crippen molar-refractivity contribution >= 4 is 34.0 Å². The van der Waals surface area contributed by atoms with Crippen LogP contribution in [0.25, 0.3) is 11.0 Å². The topological polar surface area (TPSA) is 94.8 Å². The Morgan fingerprint density at radius 3 is 2.79 bits per heavy atom. The molecule has 0 saturated carbocycles. The van der Waals surface area contributed by atoms with Crippen LogP contribution in [0.4, 0.5) is 5.69 Å². The second kappa shape index (κ2) is 8.11. The first-order chi connectivity index (χ1) is 14.1. The molecule has 4 rings (SSSR count). The van der Waals surface area contributed by atoms with Gasteiger partial charge in [0.2, 0.25) is 4.96 Å². The lowest BCUT2D eigenvalue weighted by molar-refractivity contribution is -0.118. The summed E-state index contributed by atoms with van der Waals surface area (Å²) in [5.41, 5.74) is 1.22. The highest BCUT2D eigenvalue weighted by molar-refractivity contribution is 7.15. The maximum atomic E-state index is 12.3. The number of fused-ring (bicyclic) bond motifs is 1. The Hall–Kier alpha value is -3.72. The van der Waals surface area contributed by atoms with Gasteiger partial charge in [-0.1, -0.05) is 23.5 Å². The fraction of sp³-hybridized carbons (Fsp3) is 0.100. The monoisotopic (exact) mass is 408 g/mol. The molecule has 1 amide bonds. The quantitative estimate of drug-likeness (QED) is 0.522. The Morgan fingerprint density at radius 1 is 1.21 bits per heavy atom. The number of nitrogens with one attached hydrogen (secondary N) is 1. The van der Waals surface area contributed by atoms with Gasteiger partial charge in [-0.15, -0.1) is 0 Å². The van der Waals surface area contributed by atoms with E-state index in [2.05, 4.69) is 15.4 Å². The van der Waals surface area contributed by atoms with Crippen molar-refractivity contribution in [2.45, 2.75) is 0 Å². The number of carbonyl (C=O) groups excluding carboxylic acids is 1. The van der Waals surface area contributed by atoms with Gasteiger partial charge in [-0.25, -0.2) is 4.98 Å². The first-order valence-corrected chi connectivity index (χ1v) is 9.45. The predicted molar refractivity (Wildman–Crippen MR) is 109 cm³/mol. The van der Waals surface area contributed by atoms with Crippen LogP contribution in [0.5, 0.6) is 11.5 Å². The Kier molecular flexibility index (Phi) is 5.21. The Morgan fingerprint density at radius 2 is 2.03 bits per heavy atom. The predicted octanol–water partition coefficient (Wildman–Crippen LogP) is 1.72. The molecule has 9 heteroatoms. The van der Waals surface area contributed by atoms with Crippen LogP contribution < -0.4 is 24.9 Å². The van der Waals surface area contributed by atoms with E-state index in [-0.39, 0.29) is 18.1 Å². The van der Waals surface area contributed by atoms with Gasteiger partial charge in [0.05, 0.1) is 11.6 Å². The number of anilines is 1. The number of methoxy groups -OCH3 is 1. The third-order valence-electron chi connectivity index (χ3n) is 4.02. The summed E-state index contributed by atoms with van der Waals surface area (Å²) in [6, 6.07) is 14.2. The summed E-state index contributed by atoms with van der Waals surface area (Å²) >= 11 is 1.26. The molecule has 0 bridgehead atoms. The zero-order valence-corrected chi connectivity index (χ0v) is 16.2. The van der Waals surface area contributed by atoms with Crippen molar-refractivity contribution in [2.24, 2.45) is 0 Å². The van der Waals surface area contributed by atoms with Gasteiger partial charge in [-0.2, -0.15) is 9.61 Å². The molecule has 0 saturated heterocycles. The number of hydrogen-bond acceptors (Lipinski definition) is 7. The molecule has 0 radical (unpaired) electrons. The summed E-state index contributed by atoms with van der Waals surface area (Å²) in [6.07, 6.45) is 3.09. The highest BCUT2D eigenvalue weighted by atomic mass is 32.1. The maximum absolute atomic E-state index is 12.3. The molecule has 0 spiro atoms. The normalized spacial score (nSPS) is 11.6. The molecule has 2 heterocycles. The molecule has 29 heavy (non-hydrogen) atoms. The van der Waals surface area contributed by atoms with Gasteiger partial charge in [0.15, 0.2) is 6.61 Å². The van der Waals surface area contributed by atoms with E-state index in [1.165, 1.54) is 22.2 Å². The molecule has 146 valence electrons. The molecular weight excluding hydrogens is 392 g/mol. The second-order valence-corrected chi connectivity index (χ2v) is 7.02. The summed E-state index contributed by atoms with van der Waals surface area (Å²) in [6.45, 7) is -0.140. The molecule has 0 atom stereocenters. The van der Waals surface area contributed by atoms with Crippen molar-refractivity contribution < 1.29 is 14.3 Å². The van der Waals surface area contributed by atoms with Gasteiger partial charge >= 0.3 is 0 Å². The van der Waals surface area contributed by atoms with E-state index >= 15 is 0 Å². The van der Waals surface area contributed by atoms with E-state index in [1.54, 1.807) is 55.7 Å². The Labute approximate surface area is 169 Å². The van der Waals surface area contributed by atoms with Crippen molar-refractivity contribution in [1.82, 2.24) is 14.6 Å². The van der Waals surface area contributed by atoms with E-state index in [0.29, 0.717) is 26.7 Å². The standard InChI is InChI=1S/C20H16N4O4S/c1-27-15-7-5-14(6-8-15)23-18(25)11-28-16-4-2-3-13(9-16)10-17-19(26)24-20(29-17)21-12-22-24/h2-10,12H,11H2,1H3,(H,23,25)/b17-10-. The summed E-state index contributed by atoms with van der Waals surface area (Å²) in [5, 5.41) is 6.65. The molecule has 2 aromatic carbocycles. The summed E-state index contributed by atoms with van der Waals surface area (Å²) < 4.78 is 12.4. The largest absolute Gasteiger partial charge is 0.497 e. The molecule has 0 aliphatic rings. The number of rotatable bonds is 6. The lowest BCUT2D eigenvalue weighted by Crippen LogP contribution is -2.23. The fourth-order valence-electron chi connectivity index (χ4n) is 2.64. The van der Waals surface area contributed by atoms with E-state index in [9.17, 15) is 9.59 Å². The van der Waals surface area contributed by atoms with Crippen LogP contribution in [0.15, 0.2) is 59.7 Å². The van der Waals surface area contributed by atoms with E-state index in [4.69, 9.17) is 9.47 Å². The lowest BCUT2D eigenvalue weighted by atomic mass is 10.2. The van der Waals surface area contributed by atoms with Crippen molar-refractivity contribution in [3.63, 3.8) is 0 Å². The SMILES string of the molecule is COc1ccc(NC(=O)COc2cccc(/C=c3\sc4ncnn4c3=O)c2)cc1. The fourth-order valence-corrected chi connectivity index (χ4v) is 3.53. The zero-order chi connectivity index (χ0) is 20.2. The van der Waals surface area contributed by atoms with E-state index in [0.717, 1.165) is 5.56 Å². The molecule has 4 aromatic rings. The van der Waals surface area contributed by atoms with Gasteiger partial charge in [0.1, 0.15) is 17.8 Å². The summed E-state index contributed by atoms with van der Waals surface area (Å²) in [7, 11) is 1.58. The third kappa shape index (κ3) is 4.25. The third-order valence-corrected chi connectivity index (χ3v) is 4.99. The first-order valence-electron chi connectivity index (χ1n) is 8.63. The zero-order valence-electron chi connectivity index (χ0n) is 15.4. The van der Waals surface area contributed by atoms with Crippen molar-refractivity contribution in [3.05, 3.63) is 75.3 Å². The van der Waals surface area contributed by atoms with Crippen molar-refractivity contribution in [1.29, 1.82) is 0 Å². The molecule has 8 nitrogen and oxygen atoms in total. The number of ether oxygens (including phenoxy) is 2. The number of aromatic nitrogens is 3. The minimum Gasteiger partial charge on any atom is -0.497 e. The Bertz CT molecular complexity index is 1260. The number of hydrogen-bond donors (Lipinski definition) is 1. The van der Waals surface area contributed by atoms with Crippen LogP contribution in [0.2, 0.25) is 0 Å². The summed E-state index contributed by atoms with van der Waals surface area (Å²) in [4.78, 5) is 28.9. The van der Waals surface area contributed by atoms with Crippen LogP contribution in [0.1, 0.15) is 5.56 Å². The minimum absolute atomic E-state index is 0.140. The average Bonchev–Trinajstić information content (AvgIpc) is 3.31. The molecule has 2 aromatic heterocycles. The van der Waals surface area contributed by atoms with Gasteiger partial charge in [0.25, 0.3) is 11.5 Å². The van der Waals surface area contributed by atoms with Crippen LogP contribution in [-0.4, -0.2) is 34.2 Å². The molecule has 0 unspecified atom stereocenters. The minimum atomic E-state index is -0.281. The number of thiazole rings is 1. The molecular formula is C20H16N4O4S. The molecule has 0 aliphatic carbocycles. The lowest BCUT2D eigenvalue weighted by Gasteiger charge is -2.08. The van der Waals surface area contributed by atoms with Crippen molar-refractivity contribution in [3.8, 4) is 11.5 Å². The van der Waals surface area contributed by atoms with Gasteiger partial charge in [0, 0.05) is 5.69 Å². The van der Waals surface area contributed by atoms with E-state index < -0.39 is 0 Å². The van der Waals surface area contributed by atoms with Crippen LogP contribution in [0.3, 0.4) is 0 Å². The average molecular weight is 408 g/mol. The molecule has 0 aliphatic heterocycles.